The van der Waals surface area contributed by atoms with Gasteiger partial charge < -0.3 is 14.6 Å². The van der Waals surface area contributed by atoms with Crippen molar-refractivity contribution >= 4 is 57.3 Å². The number of aromatic nitrogens is 2. The zero-order chi connectivity index (χ0) is 30.1. The molecule has 1 aromatic heterocycles. The summed E-state index contributed by atoms with van der Waals surface area (Å²) in [6.07, 6.45) is 2.31. The van der Waals surface area contributed by atoms with E-state index >= 15 is 0 Å². The molecule has 0 bridgehead atoms. The van der Waals surface area contributed by atoms with Crippen molar-refractivity contribution in [2.45, 2.75) is 35.6 Å². The topological polar surface area (TPSA) is 102 Å². The highest BCUT2D eigenvalue weighted by atomic mass is 35.5. The number of fused-ring (bicyclic) bond motifs is 1. The van der Waals surface area contributed by atoms with Gasteiger partial charge in [-0.2, -0.15) is 0 Å². The van der Waals surface area contributed by atoms with Crippen LogP contribution in [0, 0.1) is 0 Å². The molecule has 8 nitrogen and oxygen atoms in total. The lowest BCUT2D eigenvalue weighted by Crippen LogP contribution is -2.29. The quantitative estimate of drug-likeness (QED) is 0.0526. The van der Waals surface area contributed by atoms with Crippen LogP contribution in [-0.2, 0) is 21.8 Å². The molecule has 3 heterocycles. The van der Waals surface area contributed by atoms with Crippen LogP contribution in [0.5, 0.6) is 11.5 Å². The van der Waals surface area contributed by atoms with Crippen LogP contribution in [-0.4, -0.2) is 39.7 Å². The second kappa shape index (κ2) is 12.2. The lowest BCUT2D eigenvalue weighted by atomic mass is 9.94. The van der Waals surface area contributed by atoms with E-state index in [2.05, 4.69) is 16.8 Å². The minimum absolute atomic E-state index is 0.0127. The van der Waals surface area contributed by atoms with E-state index in [4.69, 9.17) is 21.1 Å². The van der Waals surface area contributed by atoms with Gasteiger partial charge in [-0.3, -0.25) is 14.5 Å². The molecule has 43 heavy (non-hydrogen) atoms. The van der Waals surface area contributed by atoms with Gasteiger partial charge in [0.2, 0.25) is 5.13 Å². The van der Waals surface area contributed by atoms with Crippen LogP contribution in [0.4, 0.5) is 5.13 Å². The van der Waals surface area contributed by atoms with E-state index in [0.717, 1.165) is 16.9 Å². The summed E-state index contributed by atoms with van der Waals surface area (Å²) in [6.45, 7) is 5.94. The van der Waals surface area contributed by atoms with Crippen molar-refractivity contribution in [1.29, 1.82) is 0 Å². The van der Waals surface area contributed by atoms with E-state index in [0.29, 0.717) is 38.4 Å². The Labute approximate surface area is 261 Å². The molecule has 6 rings (SSSR count). The monoisotopic (exact) mass is 631 g/mol. The third-order valence-electron chi connectivity index (χ3n) is 7.07. The van der Waals surface area contributed by atoms with Gasteiger partial charge in [0.25, 0.3) is 5.78 Å². The molecule has 2 aliphatic heterocycles. The van der Waals surface area contributed by atoms with E-state index in [-0.39, 0.29) is 29.2 Å². The highest BCUT2D eigenvalue weighted by molar-refractivity contribution is 8.00. The van der Waals surface area contributed by atoms with Crippen molar-refractivity contribution in [3.63, 3.8) is 0 Å². The van der Waals surface area contributed by atoms with Crippen LogP contribution in [0.2, 0.25) is 5.02 Å². The third-order valence-corrected chi connectivity index (χ3v) is 9.54. The average Bonchev–Trinajstić information content (AvgIpc) is 3.70. The maximum absolute atomic E-state index is 13.6. The van der Waals surface area contributed by atoms with E-state index in [9.17, 15) is 14.7 Å². The molecule has 2 atom stereocenters. The van der Waals surface area contributed by atoms with Gasteiger partial charge in [0.15, 0.2) is 4.34 Å². The second-order valence-corrected chi connectivity index (χ2v) is 12.6. The zero-order valence-electron chi connectivity index (χ0n) is 23.0. The maximum Gasteiger partial charge on any atom is 0.301 e. The van der Waals surface area contributed by atoms with Crippen molar-refractivity contribution < 1.29 is 24.2 Å². The van der Waals surface area contributed by atoms with Crippen molar-refractivity contribution in [3.8, 4) is 11.5 Å². The summed E-state index contributed by atoms with van der Waals surface area (Å²) < 4.78 is 12.1. The number of thioether (sulfide) groups is 1. The summed E-state index contributed by atoms with van der Waals surface area (Å²) in [4.78, 5) is 28.6. The summed E-state index contributed by atoms with van der Waals surface area (Å²) in [5.74, 6) is -0.0709. The van der Waals surface area contributed by atoms with Gasteiger partial charge in [0, 0.05) is 22.8 Å². The van der Waals surface area contributed by atoms with Gasteiger partial charge in [-0.25, -0.2) is 0 Å². The number of hydrogen-bond donors (Lipinski definition) is 1. The molecule has 2 unspecified atom stereocenters. The second-order valence-electron chi connectivity index (χ2n) is 10.0. The Kier molecular flexibility index (Phi) is 8.25. The predicted molar refractivity (Wildman–Crippen MR) is 168 cm³/mol. The van der Waals surface area contributed by atoms with Crippen LogP contribution >= 0.6 is 34.7 Å². The van der Waals surface area contributed by atoms with Crippen LogP contribution in [0.1, 0.15) is 35.2 Å². The van der Waals surface area contributed by atoms with E-state index in [1.807, 2.05) is 31.2 Å². The molecule has 3 aromatic carbocycles. The first-order valence-corrected chi connectivity index (χ1v) is 15.7. The van der Waals surface area contributed by atoms with Gasteiger partial charge in [-0.15, -0.1) is 10.2 Å². The minimum atomic E-state index is -0.968. The Morgan fingerprint density at radius 1 is 1.19 bits per heavy atom. The number of benzene rings is 3. The standard InChI is InChI=1S/C32H26ClN3O5S2/c1-3-13-40-23-9-6-8-19(16-23)27-26(28(37)20-11-12-25-22(15-20)14-18(2)41-25)29(38)30(39)36(27)31-34-35-32(43-31)42-17-21-7-4-5-10-24(21)33/h3-12,15-16,18,27,37H,1,13-14,17H2,2H3/b28-26+. The third kappa shape index (κ3) is 5.78. The number of halogens is 1. The number of hydrogen-bond acceptors (Lipinski definition) is 9. The molecule has 1 N–H and O–H groups in total. The summed E-state index contributed by atoms with van der Waals surface area (Å²) in [5, 5.41) is 21.1. The van der Waals surface area contributed by atoms with E-state index < -0.39 is 17.7 Å². The predicted octanol–water partition coefficient (Wildman–Crippen LogP) is 7.00. The van der Waals surface area contributed by atoms with Crippen LogP contribution in [0.25, 0.3) is 5.76 Å². The number of ether oxygens (including phenoxy) is 2. The normalized spacial score (nSPS) is 18.9. The number of Topliss-reactive ketones (excluding diaryl/α,β-unsaturated/α-hetero) is 1. The molecule has 4 aromatic rings. The van der Waals surface area contributed by atoms with Crippen molar-refractivity contribution in [2.75, 3.05) is 11.5 Å². The van der Waals surface area contributed by atoms with Crippen LogP contribution in [0.3, 0.4) is 0 Å². The number of carbonyl (C=O) groups excluding carboxylic acids is 2. The number of rotatable bonds is 9. The minimum Gasteiger partial charge on any atom is -0.507 e. The average molecular weight is 632 g/mol. The van der Waals surface area contributed by atoms with Gasteiger partial charge >= 0.3 is 5.91 Å². The molecule has 0 aliphatic carbocycles. The Morgan fingerprint density at radius 2 is 2.02 bits per heavy atom. The smallest absolute Gasteiger partial charge is 0.301 e. The summed E-state index contributed by atoms with van der Waals surface area (Å²) in [6, 6.07) is 18.9. The van der Waals surface area contributed by atoms with Gasteiger partial charge in [-0.05, 0) is 60.0 Å². The van der Waals surface area contributed by atoms with Crippen LogP contribution in [0.15, 0.2) is 89.3 Å². The maximum atomic E-state index is 13.6. The molecule has 0 radical (unpaired) electrons. The summed E-state index contributed by atoms with van der Waals surface area (Å²) >= 11 is 8.93. The first-order valence-electron chi connectivity index (χ1n) is 13.5. The Morgan fingerprint density at radius 3 is 2.84 bits per heavy atom. The molecule has 0 spiro atoms. The fourth-order valence-corrected chi connectivity index (χ4v) is 7.27. The summed E-state index contributed by atoms with van der Waals surface area (Å²) in [7, 11) is 0. The molecule has 0 saturated carbocycles. The number of carbonyl (C=O) groups is 2. The molecule has 1 saturated heterocycles. The number of amides is 1. The Balaban J connectivity index is 1.40. The first kappa shape index (κ1) is 29.0. The first-order chi connectivity index (χ1) is 20.8. The van der Waals surface area contributed by atoms with Crippen LogP contribution < -0.4 is 14.4 Å². The molecule has 1 amide bonds. The Bertz CT molecular complexity index is 1770. The van der Waals surface area contributed by atoms with Crippen molar-refractivity contribution in [3.05, 3.63) is 112 Å². The highest BCUT2D eigenvalue weighted by Crippen LogP contribution is 2.45. The molecular weight excluding hydrogens is 606 g/mol. The molecule has 11 heteroatoms. The molecule has 2 aliphatic rings. The van der Waals surface area contributed by atoms with Crippen molar-refractivity contribution in [1.82, 2.24) is 10.2 Å². The Hall–Kier alpha value is -4.12. The number of nitrogens with zero attached hydrogens (tertiary/aromatic N) is 3. The molecular formula is C32H26ClN3O5S2. The number of anilines is 1. The molecule has 218 valence electrons. The van der Waals surface area contributed by atoms with Crippen molar-refractivity contribution in [2.24, 2.45) is 0 Å². The lowest BCUT2D eigenvalue weighted by molar-refractivity contribution is -0.132. The fourth-order valence-electron chi connectivity index (χ4n) is 5.11. The number of aliphatic hydroxyl groups is 1. The molecule has 1 fully saturated rings. The van der Waals surface area contributed by atoms with E-state index in [1.165, 1.54) is 28.0 Å². The van der Waals surface area contributed by atoms with E-state index in [1.54, 1.807) is 48.5 Å². The summed E-state index contributed by atoms with van der Waals surface area (Å²) in [5.41, 5.74) is 2.81. The zero-order valence-corrected chi connectivity index (χ0v) is 25.4. The van der Waals surface area contributed by atoms with Gasteiger partial charge in [0.05, 0.1) is 11.6 Å². The highest BCUT2D eigenvalue weighted by Gasteiger charge is 2.48. The fraction of sp³-hybridized carbons (Fsp3) is 0.188. The largest absolute Gasteiger partial charge is 0.507 e. The van der Waals surface area contributed by atoms with Gasteiger partial charge in [-0.1, -0.05) is 77.7 Å². The number of ketones is 1. The SMILES string of the molecule is C=CCOc1cccc(C2/C(=C(\O)c3ccc4c(c3)CC(C)O4)C(=O)C(=O)N2c2nnc(SCc3ccccc3Cl)s2)c1. The number of aliphatic hydroxyl groups excluding tert-OH is 1. The lowest BCUT2D eigenvalue weighted by Gasteiger charge is -2.23. The van der Waals surface area contributed by atoms with Gasteiger partial charge in [0.1, 0.15) is 30.0 Å².